The van der Waals surface area contributed by atoms with Gasteiger partial charge in [-0.2, -0.15) is 0 Å². The molecule has 3 heterocycles. The van der Waals surface area contributed by atoms with Crippen molar-refractivity contribution in [1.29, 1.82) is 0 Å². The number of para-hydroxylation sites is 1. The Bertz CT molecular complexity index is 902. The van der Waals surface area contributed by atoms with Crippen LogP contribution in [0.25, 0.3) is 10.2 Å². The highest BCUT2D eigenvalue weighted by Gasteiger charge is 2.32. The second-order valence-electron chi connectivity index (χ2n) is 7.27. The van der Waals surface area contributed by atoms with E-state index in [-0.39, 0.29) is 29.5 Å². The van der Waals surface area contributed by atoms with Crippen molar-refractivity contribution in [3.05, 3.63) is 24.3 Å². The number of fused-ring (bicyclic) bond motifs is 1. The molecule has 2 aromatic rings. The summed E-state index contributed by atoms with van der Waals surface area (Å²) in [5, 5.41) is 3.94. The summed E-state index contributed by atoms with van der Waals surface area (Å²) in [4.78, 5) is 21.6. The van der Waals surface area contributed by atoms with Gasteiger partial charge in [0.05, 0.1) is 27.8 Å². The monoisotopic (exact) mass is 408 g/mol. The first kappa shape index (κ1) is 18.6. The highest BCUT2D eigenvalue weighted by molar-refractivity contribution is 7.91. The number of anilines is 1. The average Bonchev–Trinajstić information content (AvgIpc) is 3.24. The van der Waals surface area contributed by atoms with Crippen molar-refractivity contribution in [3.63, 3.8) is 0 Å². The predicted molar refractivity (Wildman–Crippen MR) is 108 cm³/mol. The van der Waals surface area contributed by atoms with Gasteiger partial charge < -0.3 is 10.2 Å². The molecule has 0 aliphatic carbocycles. The second kappa shape index (κ2) is 7.37. The van der Waals surface area contributed by atoms with Crippen molar-refractivity contribution >= 4 is 42.4 Å². The number of carbonyl (C=O) groups is 1. The van der Waals surface area contributed by atoms with E-state index in [1.165, 1.54) is 4.70 Å². The third-order valence-corrected chi connectivity index (χ3v) is 8.24. The summed E-state index contributed by atoms with van der Waals surface area (Å²) < 4.78 is 24.3. The third-order valence-electron chi connectivity index (χ3n) is 5.37. The van der Waals surface area contributed by atoms with E-state index in [0.29, 0.717) is 6.42 Å². The van der Waals surface area contributed by atoms with Crippen molar-refractivity contribution < 1.29 is 13.2 Å². The van der Waals surface area contributed by atoms with Crippen LogP contribution in [0.3, 0.4) is 0 Å². The Morgan fingerprint density at radius 2 is 2.00 bits per heavy atom. The van der Waals surface area contributed by atoms with E-state index in [4.69, 9.17) is 4.98 Å². The van der Waals surface area contributed by atoms with Crippen LogP contribution in [-0.2, 0) is 14.6 Å². The van der Waals surface area contributed by atoms with Gasteiger partial charge in [-0.25, -0.2) is 13.4 Å². The maximum absolute atomic E-state index is 12.5. The number of nitrogens with one attached hydrogen (secondary N) is 1. The predicted octanol–water partition coefficient (Wildman–Crippen LogP) is 1.11. The molecule has 0 saturated carbocycles. The van der Waals surface area contributed by atoms with E-state index in [2.05, 4.69) is 21.2 Å². The molecule has 0 spiro atoms. The molecule has 1 amide bonds. The summed E-state index contributed by atoms with van der Waals surface area (Å²) in [6, 6.07) is 7.64. The number of sulfone groups is 1. The SMILES string of the molecule is CC(C(=O)NC1CCS(=O)(=O)C1)N1CCN(c2nc3ccccc3s2)CC1. The number of hydrogen-bond donors (Lipinski definition) is 1. The van der Waals surface area contributed by atoms with Crippen molar-refractivity contribution in [2.75, 3.05) is 42.6 Å². The molecule has 9 heteroatoms. The van der Waals surface area contributed by atoms with Crippen LogP contribution in [0.2, 0.25) is 0 Å². The highest BCUT2D eigenvalue weighted by atomic mass is 32.2. The number of hydrogen-bond acceptors (Lipinski definition) is 7. The molecular formula is C18H24N4O3S2. The summed E-state index contributed by atoms with van der Waals surface area (Å²) in [6.07, 6.45) is 0.520. The Balaban J connectivity index is 1.32. The van der Waals surface area contributed by atoms with Crippen LogP contribution in [0, 0.1) is 0 Å². The molecule has 0 bridgehead atoms. The third kappa shape index (κ3) is 4.09. The normalized spacial score (nSPS) is 24.2. The average molecular weight is 409 g/mol. The molecule has 2 atom stereocenters. The quantitative estimate of drug-likeness (QED) is 0.816. The molecule has 2 aliphatic rings. The Kier molecular flexibility index (Phi) is 5.09. The van der Waals surface area contributed by atoms with Crippen LogP contribution < -0.4 is 10.2 Å². The minimum atomic E-state index is -2.98. The lowest BCUT2D eigenvalue weighted by molar-refractivity contribution is -0.126. The van der Waals surface area contributed by atoms with Crippen LogP contribution in [-0.4, -0.2) is 74.0 Å². The number of piperazine rings is 1. The van der Waals surface area contributed by atoms with Gasteiger partial charge >= 0.3 is 0 Å². The van der Waals surface area contributed by atoms with Gasteiger partial charge in [0, 0.05) is 32.2 Å². The molecule has 2 unspecified atom stereocenters. The molecular weight excluding hydrogens is 384 g/mol. The largest absolute Gasteiger partial charge is 0.351 e. The lowest BCUT2D eigenvalue weighted by atomic mass is 10.2. The van der Waals surface area contributed by atoms with Gasteiger partial charge in [-0.1, -0.05) is 23.5 Å². The van der Waals surface area contributed by atoms with Crippen LogP contribution in [0.4, 0.5) is 5.13 Å². The summed E-state index contributed by atoms with van der Waals surface area (Å²) in [7, 11) is -2.98. The second-order valence-corrected chi connectivity index (χ2v) is 10.5. The van der Waals surface area contributed by atoms with Crippen molar-refractivity contribution in [2.24, 2.45) is 0 Å². The zero-order valence-corrected chi connectivity index (χ0v) is 16.9. The molecule has 146 valence electrons. The molecule has 1 aromatic heterocycles. The van der Waals surface area contributed by atoms with E-state index in [1.807, 2.05) is 25.1 Å². The minimum Gasteiger partial charge on any atom is -0.351 e. The van der Waals surface area contributed by atoms with Crippen LogP contribution in [0.5, 0.6) is 0 Å². The standard InChI is InChI=1S/C18H24N4O3S2/c1-13(17(23)19-14-6-11-27(24,25)12-14)21-7-9-22(10-8-21)18-20-15-4-2-3-5-16(15)26-18/h2-5,13-14H,6-12H2,1H3,(H,19,23). The first-order valence-corrected chi connectivity index (χ1v) is 11.9. The van der Waals surface area contributed by atoms with Crippen LogP contribution in [0.1, 0.15) is 13.3 Å². The van der Waals surface area contributed by atoms with Crippen molar-refractivity contribution in [2.45, 2.75) is 25.4 Å². The Labute approximate surface area is 163 Å². The summed E-state index contributed by atoms with van der Waals surface area (Å²) >= 11 is 1.70. The molecule has 0 radical (unpaired) electrons. The van der Waals surface area contributed by atoms with Crippen molar-refractivity contribution in [3.8, 4) is 0 Å². The molecule has 2 aliphatic heterocycles. The summed E-state index contributed by atoms with van der Waals surface area (Å²) in [6.45, 7) is 5.12. The first-order chi connectivity index (χ1) is 12.9. The number of aromatic nitrogens is 1. The molecule has 27 heavy (non-hydrogen) atoms. The van der Waals surface area contributed by atoms with Gasteiger partial charge in [-0.3, -0.25) is 9.69 Å². The van der Waals surface area contributed by atoms with Crippen LogP contribution in [0.15, 0.2) is 24.3 Å². The Hall–Kier alpha value is -1.71. The minimum absolute atomic E-state index is 0.0663. The lowest BCUT2D eigenvalue weighted by Gasteiger charge is -2.37. The molecule has 2 fully saturated rings. The van der Waals surface area contributed by atoms with E-state index in [1.54, 1.807) is 11.3 Å². The molecule has 7 nitrogen and oxygen atoms in total. The van der Waals surface area contributed by atoms with Gasteiger partial charge in [0.1, 0.15) is 0 Å². The number of benzene rings is 1. The fraction of sp³-hybridized carbons (Fsp3) is 0.556. The van der Waals surface area contributed by atoms with E-state index in [9.17, 15) is 13.2 Å². The highest BCUT2D eigenvalue weighted by Crippen LogP contribution is 2.29. The van der Waals surface area contributed by atoms with Gasteiger partial charge in [0.2, 0.25) is 5.91 Å². The smallest absolute Gasteiger partial charge is 0.237 e. The first-order valence-electron chi connectivity index (χ1n) is 9.27. The van der Waals surface area contributed by atoms with E-state index < -0.39 is 9.84 Å². The molecule has 2 saturated heterocycles. The number of rotatable bonds is 4. The van der Waals surface area contributed by atoms with Gasteiger partial charge in [0.25, 0.3) is 0 Å². The fourth-order valence-electron chi connectivity index (χ4n) is 3.69. The molecule has 1 aromatic carbocycles. The number of thiazole rings is 1. The maximum Gasteiger partial charge on any atom is 0.237 e. The van der Waals surface area contributed by atoms with Gasteiger partial charge in [0.15, 0.2) is 15.0 Å². The summed E-state index contributed by atoms with van der Waals surface area (Å²) in [5.41, 5.74) is 1.03. The van der Waals surface area contributed by atoms with E-state index >= 15 is 0 Å². The summed E-state index contributed by atoms with van der Waals surface area (Å²) in [5.74, 6) is 0.162. The van der Waals surface area contributed by atoms with Crippen LogP contribution >= 0.6 is 11.3 Å². The molecule has 1 N–H and O–H groups in total. The van der Waals surface area contributed by atoms with Crippen molar-refractivity contribution in [1.82, 2.24) is 15.2 Å². The fourth-order valence-corrected chi connectivity index (χ4v) is 6.38. The zero-order valence-electron chi connectivity index (χ0n) is 15.3. The van der Waals surface area contributed by atoms with E-state index in [0.717, 1.165) is 36.8 Å². The van der Waals surface area contributed by atoms with Gasteiger partial charge in [-0.05, 0) is 25.5 Å². The molecule has 4 rings (SSSR count). The lowest BCUT2D eigenvalue weighted by Crippen LogP contribution is -2.55. The topological polar surface area (TPSA) is 82.6 Å². The maximum atomic E-state index is 12.5. The van der Waals surface area contributed by atoms with Gasteiger partial charge in [-0.15, -0.1) is 0 Å². The zero-order chi connectivity index (χ0) is 19.0. The number of amides is 1. The Morgan fingerprint density at radius 3 is 2.67 bits per heavy atom. The number of carbonyl (C=O) groups excluding carboxylic acids is 1. The Morgan fingerprint density at radius 1 is 1.26 bits per heavy atom. The number of nitrogens with zero attached hydrogens (tertiary/aromatic N) is 3.